The number of rotatable bonds is 5. The molecule has 0 saturated heterocycles. The van der Waals surface area contributed by atoms with Gasteiger partial charge in [-0.25, -0.2) is 15.0 Å². The lowest BCUT2D eigenvalue weighted by molar-refractivity contribution is 0.380. The van der Waals surface area contributed by atoms with Crippen LogP contribution in [0.5, 0.6) is 6.01 Å². The van der Waals surface area contributed by atoms with E-state index in [-0.39, 0.29) is 0 Å². The molecule has 0 fully saturated rings. The first-order chi connectivity index (χ1) is 9.86. The highest BCUT2D eigenvalue weighted by molar-refractivity contribution is 5.52. The van der Waals surface area contributed by atoms with Crippen molar-refractivity contribution in [2.45, 2.75) is 13.1 Å². The van der Waals surface area contributed by atoms with Crippen molar-refractivity contribution in [2.75, 3.05) is 7.11 Å². The van der Waals surface area contributed by atoms with Crippen LogP contribution < -0.4 is 4.74 Å². The topological polar surface area (TPSA) is 70.7 Å². The summed E-state index contributed by atoms with van der Waals surface area (Å²) in [4.78, 5) is 12.6. The maximum Gasteiger partial charge on any atom is 0.316 e. The summed E-state index contributed by atoms with van der Waals surface area (Å²) in [6.07, 6.45) is 10.8. The summed E-state index contributed by atoms with van der Waals surface area (Å²) >= 11 is 0. The summed E-state index contributed by atoms with van der Waals surface area (Å²) in [6, 6.07) is 2.26. The van der Waals surface area contributed by atoms with E-state index in [4.69, 9.17) is 4.74 Å². The van der Waals surface area contributed by atoms with Gasteiger partial charge in [0.25, 0.3) is 0 Å². The van der Waals surface area contributed by atoms with Crippen molar-refractivity contribution in [2.24, 2.45) is 0 Å². The van der Waals surface area contributed by atoms with Crippen molar-refractivity contribution in [3.63, 3.8) is 0 Å². The van der Waals surface area contributed by atoms with Crippen LogP contribution in [0.2, 0.25) is 0 Å². The molecule has 0 aliphatic rings. The van der Waals surface area contributed by atoms with E-state index in [2.05, 4.69) is 20.1 Å². The molecule has 3 aromatic heterocycles. The quantitative estimate of drug-likeness (QED) is 0.697. The monoisotopic (exact) mass is 270 g/mol. The van der Waals surface area contributed by atoms with Crippen LogP contribution in [0, 0.1) is 0 Å². The second-order valence-corrected chi connectivity index (χ2v) is 4.17. The minimum absolute atomic E-state index is 0.350. The third kappa shape index (κ3) is 2.51. The van der Waals surface area contributed by atoms with Crippen LogP contribution in [-0.4, -0.2) is 36.4 Å². The number of imidazole rings is 1. The average Bonchev–Trinajstić information content (AvgIpc) is 3.16. The molecule has 0 saturated carbocycles. The smallest absolute Gasteiger partial charge is 0.316 e. The Kier molecular flexibility index (Phi) is 3.40. The molecule has 0 atom stereocenters. The number of aromatic nitrogens is 6. The van der Waals surface area contributed by atoms with Crippen molar-refractivity contribution >= 4 is 0 Å². The van der Waals surface area contributed by atoms with E-state index in [9.17, 15) is 0 Å². The lowest BCUT2D eigenvalue weighted by Crippen LogP contribution is -2.08. The number of hydrogen-bond acceptors (Lipinski definition) is 5. The fraction of sp³-hybridized carbons (Fsp3) is 0.231. The Labute approximate surface area is 115 Å². The van der Waals surface area contributed by atoms with Crippen molar-refractivity contribution < 1.29 is 4.74 Å². The highest BCUT2D eigenvalue weighted by Gasteiger charge is 2.07. The number of hydrogen-bond donors (Lipinski definition) is 0. The molecule has 7 nitrogen and oxygen atoms in total. The number of aryl methyl sites for hydroxylation is 2. The number of ether oxygens (including phenoxy) is 1. The summed E-state index contributed by atoms with van der Waals surface area (Å²) in [5.74, 6) is 0.833. The van der Waals surface area contributed by atoms with Gasteiger partial charge in [-0.3, -0.25) is 4.68 Å². The molecule has 0 N–H and O–H groups in total. The molecule has 0 spiro atoms. The van der Waals surface area contributed by atoms with Crippen LogP contribution in [-0.2, 0) is 13.1 Å². The van der Waals surface area contributed by atoms with Gasteiger partial charge < -0.3 is 9.30 Å². The van der Waals surface area contributed by atoms with Crippen molar-refractivity contribution in [1.82, 2.24) is 29.3 Å². The SMILES string of the molecule is COc1ncc(-c2nccn2CCn2cccn2)cn1. The first-order valence-corrected chi connectivity index (χ1v) is 6.22. The predicted octanol–water partition coefficient (Wildman–Crippen LogP) is 1.25. The summed E-state index contributed by atoms with van der Waals surface area (Å²) in [5.41, 5.74) is 0.858. The maximum atomic E-state index is 4.95. The van der Waals surface area contributed by atoms with Gasteiger partial charge >= 0.3 is 6.01 Å². The molecule has 0 unspecified atom stereocenters. The van der Waals surface area contributed by atoms with E-state index in [1.807, 2.05) is 27.7 Å². The lowest BCUT2D eigenvalue weighted by atomic mass is 10.3. The summed E-state index contributed by atoms with van der Waals surface area (Å²) < 4.78 is 8.88. The molecule has 0 radical (unpaired) electrons. The van der Waals surface area contributed by atoms with Crippen molar-refractivity contribution in [1.29, 1.82) is 0 Å². The van der Waals surface area contributed by atoms with Crippen LogP contribution in [0.1, 0.15) is 0 Å². The van der Waals surface area contributed by atoms with Crippen molar-refractivity contribution in [3.05, 3.63) is 43.2 Å². The molecule has 0 aliphatic heterocycles. The summed E-state index contributed by atoms with van der Waals surface area (Å²) in [6.45, 7) is 1.57. The van der Waals surface area contributed by atoms with E-state index in [0.717, 1.165) is 24.5 Å². The Morgan fingerprint density at radius 3 is 2.60 bits per heavy atom. The Morgan fingerprint density at radius 2 is 1.90 bits per heavy atom. The van der Waals surface area contributed by atoms with Crippen LogP contribution in [0.15, 0.2) is 43.2 Å². The summed E-state index contributed by atoms with van der Waals surface area (Å²) in [7, 11) is 1.54. The average molecular weight is 270 g/mol. The number of nitrogens with zero attached hydrogens (tertiary/aromatic N) is 6. The van der Waals surface area contributed by atoms with Gasteiger partial charge in [-0.2, -0.15) is 5.10 Å². The van der Waals surface area contributed by atoms with Gasteiger partial charge in [0.2, 0.25) is 0 Å². The molecule has 3 rings (SSSR count). The van der Waals surface area contributed by atoms with Crippen LogP contribution in [0.25, 0.3) is 11.4 Å². The molecule has 0 bridgehead atoms. The molecule has 7 heteroatoms. The summed E-state index contributed by atoms with van der Waals surface area (Å²) in [5, 5.41) is 4.18. The first kappa shape index (κ1) is 12.3. The predicted molar refractivity (Wildman–Crippen MR) is 72.0 cm³/mol. The molecular weight excluding hydrogens is 256 g/mol. The first-order valence-electron chi connectivity index (χ1n) is 6.22. The molecule has 20 heavy (non-hydrogen) atoms. The second kappa shape index (κ2) is 5.52. The lowest BCUT2D eigenvalue weighted by Gasteiger charge is -2.08. The second-order valence-electron chi connectivity index (χ2n) is 4.17. The third-order valence-corrected chi connectivity index (χ3v) is 2.91. The highest BCUT2D eigenvalue weighted by Crippen LogP contribution is 2.16. The molecule has 102 valence electrons. The standard InChI is InChI=1S/C13H14N6O/c1-20-13-15-9-11(10-16-13)12-14-4-6-18(12)7-8-19-5-2-3-17-19/h2-6,9-10H,7-8H2,1H3. The molecular formula is C13H14N6O. The van der Waals surface area contributed by atoms with Gasteiger partial charge in [-0.05, 0) is 6.07 Å². The minimum atomic E-state index is 0.350. The minimum Gasteiger partial charge on any atom is -0.467 e. The van der Waals surface area contributed by atoms with Gasteiger partial charge in [-0.1, -0.05) is 0 Å². The van der Waals surface area contributed by atoms with Gasteiger partial charge in [-0.15, -0.1) is 0 Å². The largest absolute Gasteiger partial charge is 0.467 e. The van der Waals surface area contributed by atoms with E-state index in [0.29, 0.717) is 6.01 Å². The Hall–Kier alpha value is -2.70. The van der Waals surface area contributed by atoms with Crippen LogP contribution in [0.3, 0.4) is 0 Å². The molecule has 3 aromatic rings. The Morgan fingerprint density at radius 1 is 1.05 bits per heavy atom. The fourth-order valence-corrected chi connectivity index (χ4v) is 1.93. The zero-order valence-corrected chi connectivity index (χ0v) is 11.0. The van der Waals surface area contributed by atoms with Gasteiger partial charge in [0, 0.05) is 43.7 Å². The van der Waals surface area contributed by atoms with E-state index in [1.165, 1.54) is 0 Å². The van der Waals surface area contributed by atoms with Crippen molar-refractivity contribution in [3.8, 4) is 17.4 Å². The zero-order chi connectivity index (χ0) is 13.8. The Bertz CT molecular complexity index is 658. The zero-order valence-electron chi connectivity index (χ0n) is 11.0. The van der Waals surface area contributed by atoms with Crippen LogP contribution >= 0.6 is 0 Å². The molecule has 0 aromatic carbocycles. The maximum absolute atomic E-state index is 4.95. The third-order valence-electron chi connectivity index (χ3n) is 2.91. The fourth-order valence-electron chi connectivity index (χ4n) is 1.93. The van der Waals surface area contributed by atoms with Crippen LogP contribution in [0.4, 0.5) is 0 Å². The van der Waals surface area contributed by atoms with E-state index >= 15 is 0 Å². The molecule has 3 heterocycles. The normalized spacial score (nSPS) is 10.7. The molecule has 0 aliphatic carbocycles. The van der Waals surface area contributed by atoms with Gasteiger partial charge in [0.05, 0.1) is 19.2 Å². The molecule has 0 amide bonds. The Balaban J connectivity index is 1.78. The number of methoxy groups -OCH3 is 1. The van der Waals surface area contributed by atoms with Gasteiger partial charge in [0.15, 0.2) is 0 Å². The van der Waals surface area contributed by atoms with E-state index in [1.54, 1.807) is 31.9 Å². The van der Waals surface area contributed by atoms with Gasteiger partial charge in [0.1, 0.15) is 5.82 Å². The highest BCUT2D eigenvalue weighted by atomic mass is 16.5. The van der Waals surface area contributed by atoms with E-state index < -0.39 is 0 Å².